The summed E-state index contributed by atoms with van der Waals surface area (Å²) < 4.78 is 0. The second kappa shape index (κ2) is 2.82. The number of allylic oxidation sites excluding steroid dienone is 2. The molecule has 1 aliphatic rings. The Kier molecular flexibility index (Phi) is 2.05. The molecule has 9 heavy (non-hydrogen) atoms. The second-order valence-corrected chi connectivity index (χ2v) is 3.07. The molecule has 0 aromatic carbocycles. The van der Waals surface area contributed by atoms with Gasteiger partial charge in [0, 0.05) is 4.91 Å². The molecule has 0 saturated heterocycles. The van der Waals surface area contributed by atoms with Crippen LogP contribution in [0.3, 0.4) is 0 Å². The van der Waals surface area contributed by atoms with Gasteiger partial charge in [0.1, 0.15) is 6.29 Å². The standard InChI is InChI=1S/C6H6O2S/c7-3-5-1-2-6(4-8)9-5/h1,3-4,6H,2H2. The summed E-state index contributed by atoms with van der Waals surface area (Å²) in [6.45, 7) is 0. The maximum atomic E-state index is 10.1. The van der Waals surface area contributed by atoms with Gasteiger partial charge in [0.05, 0.1) is 5.25 Å². The molecule has 3 heteroatoms. The van der Waals surface area contributed by atoms with E-state index in [1.165, 1.54) is 11.8 Å². The summed E-state index contributed by atoms with van der Waals surface area (Å²) in [6, 6.07) is 0. The van der Waals surface area contributed by atoms with Gasteiger partial charge in [-0.2, -0.15) is 0 Å². The molecule has 48 valence electrons. The van der Waals surface area contributed by atoms with Crippen molar-refractivity contribution in [3.05, 3.63) is 11.0 Å². The fourth-order valence-electron chi connectivity index (χ4n) is 0.663. The zero-order chi connectivity index (χ0) is 6.69. The van der Waals surface area contributed by atoms with Crippen LogP contribution in [0.1, 0.15) is 6.42 Å². The maximum absolute atomic E-state index is 10.1. The van der Waals surface area contributed by atoms with Crippen LogP contribution in [0.25, 0.3) is 0 Å². The van der Waals surface area contributed by atoms with Crippen LogP contribution in [0.5, 0.6) is 0 Å². The molecule has 0 aliphatic carbocycles. The Morgan fingerprint density at radius 3 is 2.78 bits per heavy atom. The van der Waals surface area contributed by atoms with Gasteiger partial charge >= 0.3 is 0 Å². The van der Waals surface area contributed by atoms with Crippen LogP contribution >= 0.6 is 11.8 Å². The molecular formula is C6H6O2S. The molecule has 0 aromatic rings. The largest absolute Gasteiger partial charge is 0.302 e. The van der Waals surface area contributed by atoms with Crippen molar-refractivity contribution in [2.45, 2.75) is 11.7 Å². The molecule has 0 radical (unpaired) electrons. The second-order valence-electron chi connectivity index (χ2n) is 1.75. The van der Waals surface area contributed by atoms with Crippen LogP contribution in [-0.2, 0) is 9.59 Å². The number of carbonyl (C=O) groups is 2. The van der Waals surface area contributed by atoms with E-state index in [2.05, 4.69) is 0 Å². The number of carbonyl (C=O) groups excluding carboxylic acids is 2. The molecule has 0 aromatic heterocycles. The van der Waals surface area contributed by atoms with Crippen LogP contribution in [0, 0.1) is 0 Å². The summed E-state index contributed by atoms with van der Waals surface area (Å²) in [5, 5.41) is -0.00907. The Labute approximate surface area is 57.3 Å². The Morgan fingerprint density at radius 2 is 2.44 bits per heavy atom. The van der Waals surface area contributed by atoms with Crippen molar-refractivity contribution in [3.8, 4) is 0 Å². The quantitative estimate of drug-likeness (QED) is 0.534. The van der Waals surface area contributed by atoms with Gasteiger partial charge in [-0.25, -0.2) is 0 Å². The summed E-state index contributed by atoms with van der Waals surface area (Å²) >= 11 is 1.34. The molecule has 1 unspecified atom stereocenters. The van der Waals surface area contributed by atoms with Gasteiger partial charge in [-0.15, -0.1) is 11.8 Å². The van der Waals surface area contributed by atoms with Gasteiger partial charge in [0.15, 0.2) is 6.29 Å². The van der Waals surface area contributed by atoms with E-state index in [1.54, 1.807) is 6.08 Å². The maximum Gasteiger partial charge on any atom is 0.156 e. The van der Waals surface area contributed by atoms with E-state index in [0.29, 0.717) is 11.3 Å². The van der Waals surface area contributed by atoms with Crippen molar-refractivity contribution in [2.75, 3.05) is 0 Å². The van der Waals surface area contributed by atoms with Crippen molar-refractivity contribution in [1.82, 2.24) is 0 Å². The topological polar surface area (TPSA) is 34.1 Å². The lowest BCUT2D eigenvalue weighted by molar-refractivity contribution is -0.107. The minimum Gasteiger partial charge on any atom is -0.302 e. The van der Waals surface area contributed by atoms with E-state index in [1.807, 2.05) is 0 Å². The van der Waals surface area contributed by atoms with E-state index >= 15 is 0 Å². The molecule has 0 amide bonds. The third-order valence-electron chi connectivity index (χ3n) is 1.11. The molecule has 1 heterocycles. The SMILES string of the molecule is O=CC1=CCC(C=O)S1. The lowest BCUT2D eigenvalue weighted by Crippen LogP contribution is -1.96. The van der Waals surface area contributed by atoms with Gasteiger partial charge in [-0.05, 0) is 6.42 Å². The highest BCUT2D eigenvalue weighted by Gasteiger charge is 2.15. The Hall–Kier alpha value is -0.570. The predicted molar refractivity (Wildman–Crippen MR) is 36.2 cm³/mol. The smallest absolute Gasteiger partial charge is 0.156 e. The van der Waals surface area contributed by atoms with Crippen molar-refractivity contribution >= 4 is 24.3 Å². The first-order valence-electron chi connectivity index (χ1n) is 2.64. The van der Waals surface area contributed by atoms with E-state index in [-0.39, 0.29) is 5.25 Å². The van der Waals surface area contributed by atoms with Crippen LogP contribution in [0.2, 0.25) is 0 Å². The molecule has 2 nitrogen and oxygen atoms in total. The minimum absolute atomic E-state index is 0.00907. The summed E-state index contributed by atoms with van der Waals surface area (Å²) in [5.74, 6) is 0. The molecule has 0 saturated carbocycles. The summed E-state index contributed by atoms with van der Waals surface area (Å²) in [5.41, 5.74) is 0. The van der Waals surface area contributed by atoms with Crippen LogP contribution in [0.15, 0.2) is 11.0 Å². The third kappa shape index (κ3) is 1.42. The molecule has 0 N–H and O–H groups in total. The first-order chi connectivity index (χ1) is 4.36. The van der Waals surface area contributed by atoms with Gasteiger partial charge in [0.2, 0.25) is 0 Å². The zero-order valence-corrected chi connectivity index (χ0v) is 5.56. The molecule has 1 rings (SSSR count). The van der Waals surface area contributed by atoms with E-state index in [4.69, 9.17) is 0 Å². The lowest BCUT2D eigenvalue weighted by Gasteiger charge is -1.93. The number of hydrogen-bond donors (Lipinski definition) is 0. The average Bonchev–Trinajstić information content (AvgIpc) is 2.34. The van der Waals surface area contributed by atoms with Crippen molar-refractivity contribution in [1.29, 1.82) is 0 Å². The zero-order valence-electron chi connectivity index (χ0n) is 4.74. The molecular weight excluding hydrogens is 136 g/mol. The minimum atomic E-state index is -0.00907. The van der Waals surface area contributed by atoms with Gasteiger partial charge < -0.3 is 4.79 Å². The summed E-state index contributed by atoms with van der Waals surface area (Å²) in [6.07, 6.45) is 4.16. The van der Waals surface area contributed by atoms with E-state index in [0.717, 1.165) is 12.6 Å². The first kappa shape index (κ1) is 6.55. The highest BCUT2D eigenvalue weighted by molar-refractivity contribution is 8.05. The van der Waals surface area contributed by atoms with Crippen LogP contribution in [0.4, 0.5) is 0 Å². The molecule has 0 spiro atoms. The molecule has 1 aliphatic heterocycles. The van der Waals surface area contributed by atoms with E-state index in [9.17, 15) is 9.59 Å². The van der Waals surface area contributed by atoms with Crippen LogP contribution < -0.4 is 0 Å². The number of thioether (sulfide) groups is 1. The van der Waals surface area contributed by atoms with E-state index < -0.39 is 0 Å². The van der Waals surface area contributed by atoms with Gasteiger partial charge in [-0.1, -0.05) is 6.08 Å². The number of aldehydes is 2. The average molecular weight is 142 g/mol. The van der Waals surface area contributed by atoms with Crippen molar-refractivity contribution in [3.63, 3.8) is 0 Å². The molecule has 0 fully saturated rings. The molecule has 1 atom stereocenters. The Balaban J connectivity index is 2.48. The van der Waals surface area contributed by atoms with Gasteiger partial charge in [-0.3, -0.25) is 4.79 Å². The Morgan fingerprint density at radius 1 is 1.67 bits per heavy atom. The summed E-state index contributed by atoms with van der Waals surface area (Å²) in [7, 11) is 0. The normalized spacial score (nSPS) is 25.3. The van der Waals surface area contributed by atoms with Crippen molar-refractivity contribution < 1.29 is 9.59 Å². The molecule has 0 bridgehead atoms. The Bertz CT molecular complexity index is 162. The monoisotopic (exact) mass is 142 g/mol. The number of hydrogen-bond acceptors (Lipinski definition) is 3. The number of rotatable bonds is 2. The summed E-state index contributed by atoms with van der Waals surface area (Å²) in [4.78, 5) is 20.8. The van der Waals surface area contributed by atoms with Gasteiger partial charge in [0.25, 0.3) is 0 Å². The fourth-order valence-corrected chi connectivity index (χ4v) is 1.51. The van der Waals surface area contributed by atoms with Crippen molar-refractivity contribution in [2.24, 2.45) is 0 Å². The highest BCUT2D eigenvalue weighted by atomic mass is 32.2. The fraction of sp³-hybridized carbons (Fsp3) is 0.333. The van der Waals surface area contributed by atoms with Crippen LogP contribution in [-0.4, -0.2) is 17.8 Å². The first-order valence-corrected chi connectivity index (χ1v) is 3.52. The lowest BCUT2D eigenvalue weighted by atomic mass is 10.3. The predicted octanol–water partition coefficient (Wildman–Crippen LogP) is 0.774. The third-order valence-corrected chi connectivity index (χ3v) is 2.25. The highest BCUT2D eigenvalue weighted by Crippen LogP contribution is 2.28.